The molecule has 6 heteroatoms. The number of benzene rings is 1. The Balaban J connectivity index is 0.00000300. The number of aryl methyl sites for hydroxylation is 2. The number of pyridine rings is 1. The van der Waals surface area contributed by atoms with Crippen LogP contribution in [0.3, 0.4) is 0 Å². The lowest BCUT2D eigenvalue weighted by atomic mass is 10.1. The molecule has 1 saturated heterocycles. The Morgan fingerprint density at radius 2 is 1.79 bits per heavy atom. The minimum Gasteiger partial charge on any atom is -0.356 e. The SMILES string of the molecule is CCc1ccc(CCNC(=NC)NC2CCN(c3ccc(C)cn3)CC2)cc1.I. The van der Waals surface area contributed by atoms with E-state index in [2.05, 4.69) is 75.8 Å². The van der Waals surface area contributed by atoms with Crippen molar-refractivity contribution in [1.29, 1.82) is 0 Å². The summed E-state index contributed by atoms with van der Waals surface area (Å²) in [6.07, 6.45) is 6.22. The van der Waals surface area contributed by atoms with Gasteiger partial charge in [0.1, 0.15) is 5.82 Å². The molecule has 3 rings (SSSR count). The number of anilines is 1. The van der Waals surface area contributed by atoms with E-state index in [0.717, 1.165) is 57.1 Å². The fraction of sp³-hybridized carbons (Fsp3) is 0.478. The van der Waals surface area contributed by atoms with Crippen molar-refractivity contribution in [2.24, 2.45) is 4.99 Å². The first-order chi connectivity index (χ1) is 13.7. The first-order valence-electron chi connectivity index (χ1n) is 10.4. The van der Waals surface area contributed by atoms with Crippen LogP contribution in [-0.2, 0) is 12.8 Å². The van der Waals surface area contributed by atoms with Crippen molar-refractivity contribution >= 4 is 35.8 Å². The summed E-state index contributed by atoms with van der Waals surface area (Å²) in [6.45, 7) is 7.19. The van der Waals surface area contributed by atoms with Crippen LogP contribution in [0.15, 0.2) is 47.6 Å². The van der Waals surface area contributed by atoms with Crippen LogP contribution in [0.4, 0.5) is 5.82 Å². The number of guanidine groups is 1. The van der Waals surface area contributed by atoms with E-state index >= 15 is 0 Å². The summed E-state index contributed by atoms with van der Waals surface area (Å²) in [6, 6.07) is 13.6. The second kappa shape index (κ2) is 12.0. The zero-order valence-corrected chi connectivity index (χ0v) is 20.1. The highest BCUT2D eigenvalue weighted by Crippen LogP contribution is 2.18. The topological polar surface area (TPSA) is 52.6 Å². The molecule has 1 aliphatic rings. The quantitative estimate of drug-likeness (QED) is 0.353. The Labute approximate surface area is 192 Å². The molecular weight excluding hydrogens is 473 g/mol. The number of hydrogen-bond donors (Lipinski definition) is 2. The Morgan fingerprint density at radius 1 is 1.10 bits per heavy atom. The molecule has 0 radical (unpaired) electrons. The summed E-state index contributed by atoms with van der Waals surface area (Å²) in [4.78, 5) is 11.3. The van der Waals surface area contributed by atoms with Gasteiger partial charge in [-0.05, 0) is 55.4 Å². The van der Waals surface area contributed by atoms with E-state index in [9.17, 15) is 0 Å². The molecule has 5 nitrogen and oxygen atoms in total. The minimum absolute atomic E-state index is 0. The number of rotatable bonds is 6. The van der Waals surface area contributed by atoms with Gasteiger partial charge in [-0.25, -0.2) is 4.98 Å². The van der Waals surface area contributed by atoms with Gasteiger partial charge in [-0.1, -0.05) is 37.3 Å². The maximum absolute atomic E-state index is 4.55. The number of nitrogens with zero attached hydrogens (tertiary/aromatic N) is 3. The number of halogens is 1. The van der Waals surface area contributed by atoms with E-state index in [-0.39, 0.29) is 24.0 Å². The van der Waals surface area contributed by atoms with Crippen molar-refractivity contribution < 1.29 is 0 Å². The molecule has 29 heavy (non-hydrogen) atoms. The first kappa shape index (κ1) is 23.4. The van der Waals surface area contributed by atoms with Crippen molar-refractivity contribution in [1.82, 2.24) is 15.6 Å². The van der Waals surface area contributed by atoms with Crippen LogP contribution in [0.5, 0.6) is 0 Å². The lowest BCUT2D eigenvalue weighted by Gasteiger charge is -2.33. The van der Waals surface area contributed by atoms with Gasteiger partial charge >= 0.3 is 0 Å². The maximum atomic E-state index is 4.55. The van der Waals surface area contributed by atoms with E-state index in [1.54, 1.807) is 0 Å². The van der Waals surface area contributed by atoms with E-state index < -0.39 is 0 Å². The maximum Gasteiger partial charge on any atom is 0.191 e. The summed E-state index contributed by atoms with van der Waals surface area (Å²) >= 11 is 0. The minimum atomic E-state index is 0. The molecule has 2 heterocycles. The predicted octanol–water partition coefficient (Wildman–Crippen LogP) is 3.95. The van der Waals surface area contributed by atoms with Crippen molar-refractivity contribution in [3.8, 4) is 0 Å². The fourth-order valence-corrected chi connectivity index (χ4v) is 3.55. The molecule has 0 atom stereocenters. The molecule has 1 aliphatic heterocycles. The van der Waals surface area contributed by atoms with Gasteiger partial charge in [0.25, 0.3) is 0 Å². The molecule has 0 spiro atoms. The standard InChI is InChI=1S/C23H33N5.HI/c1-4-19-6-8-20(9-7-19)11-14-25-23(24-3)27-21-12-15-28(16-13-21)22-10-5-18(2)17-26-22;/h5-10,17,21H,4,11-16H2,1-3H3,(H2,24,25,27);1H. The summed E-state index contributed by atoms with van der Waals surface area (Å²) < 4.78 is 0. The molecule has 1 aromatic carbocycles. The highest BCUT2D eigenvalue weighted by molar-refractivity contribution is 14.0. The van der Waals surface area contributed by atoms with Crippen LogP contribution in [0.2, 0.25) is 0 Å². The average Bonchev–Trinajstić information content (AvgIpc) is 2.74. The zero-order valence-electron chi connectivity index (χ0n) is 17.8. The third-order valence-electron chi connectivity index (χ3n) is 5.42. The van der Waals surface area contributed by atoms with Gasteiger partial charge < -0.3 is 15.5 Å². The monoisotopic (exact) mass is 507 g/mol. The largest absolute Gasteiger partial charge is 0.356 e. The van der Waals surface area contributed by atoms with E-state index in [0.29, 0.717) is 6.04 Å². The van der Waals surface area contributed by atoms with Crippen LogP contribution in [0, 0.1) is 6.92 Å². The van der Waals surface area contributed by atoms with E-state index in [1.165, 1.54) is 16.7 Å². The fourth-order valence-electron chi connectivity index (χ4n) is 3.55. The van der Waals surface area contributed by atoms with Crippen LogP contribution in [-0.4, -0.2) is 43.7 Å². The van der Waals surface area contributed by atoms with Gasteiger partial charge in [0.05, 0.1) is 0 Å². The van der Waals surface area contributed by atoms with Crippen LogP contribution >= 0.6 is 24.0 Å². The molecule has 0 amide bonds. The number of piperidine rings is 1. The Hall–Kier alpha value is -1.83. The molecule has 1 fully saturated rings. The summed E-state index contributed by atoms with van der Waals surface area (Å²) in [5.41, 5.74) is 3.96. The van der Waals surface area contributed by atoms with Crippen LogP contribution < -0.4 is 15.5 Å². The number of aromatic nitrogens is 1. The molecular formula is C23H34IN5. The molecule has 1 aromatic heterocycles. The first-order valence-corrected chi connectivity index (χ1v) is 10.4. The molecule has 2 aromatic rings. The van der Waals surface area contributed by atoms with E-state index in [1.807, 2.05) is 13.2 Å². The molecule has 0 bridgehead atoms. The van der Waals surface area contributed by atoms with Gasteiger partial charge in [-0.2, -0.15) is 0 Å². The van der Waals surface area contributed by atoms with Gasteiger partial charge in [0.2, 0.25) is 0 Å². The van der Waals surface area contributed by atoms with Crippen molar-refractivity contribution in [3.63, 3.8) is 0 Å². The average molecular weight is 507 g/mol. The number of aliphatic imine (C=N–C) groups is 1. The Bertz CT molecular complexity index is 750. The molecule has 158 valence electrons. The summed E-state index contributed by atoms with van der Waals surface area (Å²) in [7, 11) is 1.84. The Kier molecular flexibility index (Phi) is 9.70. The highest BCUT2D eigenvalue weighted by Gasteiger charge is 2.20. The van der Waals surface area contributed by atoms with Crippen molar-refractivity contribution in [2.75, 3.05) is 31.6 Å². The lowest BCUT2D eigenvalue weighted by Crippen LogP contribution is -2.49. The summed E-state index contributed by atoms with van der Waals surface area (Å²) in [5.74, 6) is 1.98. The van der Waals surface area contributed by atoms with Crippen LogP contribution in [0.25, 0.3) is 0 Å². The van der Waals surface area contributed by atoms with Gasteiger partial charge in [-0.3, -0.25) is 4.99 Å². The van der Waals surface area contributed by atoms with Crippen molar-refractivity contribution in [2.45, 2.75) is 45.6 Å². The van der Waals surface area contributed by atoms with Gasteiger partial charge in [0, 0.05) is 38.9 Å². The second-order valence-electron chi connectivity index (χ2n) is 7.52. The van der Waals surface area contributed by atoms with Gasteiger partial charge in [0.15, 0.2) is 5.96 Å². The van der Waals surface area contributed by atoms with Gasteiger partial charge in [-0.15, -0.1) is 24.0 Å². The number of nitrogens with one attached hydrogen (secondary N) is 2. The van der Waals surface area contributed by atoms with Crippen LogP contribution in [0.1, 0.15) is 36.5 Å². The zero-order chi connectivity index (χ0) is 19.8. The summed E-state index contributed by atoms with van der Waals surface area (Å²) in [5, 5.41) is 7.04. The molecule has 2 N–H and O–H groups in total. The third kappa shape index (κ3) is 7.17. The normalized spacial score (nSPS) is 15.0. The molecule has 0 aliphatic carbocycles. The number of hydrogen-bond acceptors (Lipinski definition) is 3. The third-order valence-corrected chi connectivity index (χ3v) is 5.42. The van der Waals surface area contributed by atoms with Crippen molar-refractivity contribution in [3.05, 3.63) is 59.3 Å². The molecule has 0 unspecified atom stereocenters. The Morgan fingerprint density at radius 3 is 2.38 bits per heavy atom. The predicted molar refractivity (Wildman–Crippen MR) is 134 cm³/mol. The highest BCUT2D eigenvalue weighted by atomic mass is 127. The lowest BCUT2D eigenvalue weighted by molar-refractivity contribution is 0.459. The second-order valence-corrected chi connectivity index (χ2v) is 7.52. The van der Waals surface area contributed by atoms with E-state index in [4.69, 9.17) is 0 Å². The smallest absolute Gasteiger partial charge is 0.191 e. The molecule has 0 saturated carbocycles.